The van der Waals surface area contributed by atoms with Gasteiger partial charge in [-0.25, -0.2) is 14.5 Å². The number of aromatic nitrogens is 3. The van der Waals surface area contributed by atoms with Gasteiger partial charge in [0.15, 0.2) is 0 Å². The molecule has 21 heavy (non-hydrogen) atoms. The number of rotatable bonds is 3. The first kappa shape index (κ1) is 12.9. The lowest BCUT2D eigenvalue weighted by Gasteiger charge is -2.07. The number of amides is 1. The van der Waals surface area contributed by atoms with Crippen LogP contribution in [0.3, 0.4) is 0 Å². The highest BCUT2D eigenvalue weighted by Gasteiger charge is 2.05. The van der Waals surface area contributed by atoms with Gasteiger partial charge in [0, 0.05) is 5.69 Å². The van der Waals surface area contributed by atoms with E-state index in [1.165, 1.54) is 6.33 Å². The van der Waals surface area contributed by atoms with Crippen LogP contribution in [0.4, 0.5) is 10.5 Å². The second kappa shape index (κ2) is 5.87. The van der Waals surface area contributed by atoms with Gasteiger partial charge in [0.25, 0.3) is 0 Å². The number of ether oxygens (including phenoxy) is 1. The van der Waals surface area contributed by atoms with E-state index in [1.807, 2.05) is 18.2 Å². The Hall–Kier alpha value is -3.15. The van der Waals surface area contributed by atoms with Crippen molar-refractivity contribution in [2.75, 3.05) is 5.32 Å². The molecule has 0 aliphatic rings. The summed E-state index contributed by atoms with van der Waals surface area (Å²) in [6.45, 7) is 0. The Morgan fingerprint density at radius 2 is 1.81 bits per heavy atom. The van der Waals surface area contributed by atoms with Gasteiger partial charge >= 0.3 is 6.09 Å². The van der Waals surface area contributed by atoms with E-state index in [0.29, 0.717) is 11.4 Å². The fraction of sp³-hybridized carbons (Fsp3) is 0. The molecule has 0 saturated heterocycles. The Balaban J connectivity index is 1.64. The van der Waals surface area contributed by atoms with Crippen molar-refractivity contribution in [1.82, 2.24) is 14.8 Å². The van der Waals surface area contributed by atoms with Gasteiger partial charge in [-0.2, -0.15) is 5.10 Å². The number of benzene rings is 2. The Kier molecular flexibility index (Phi) is 3.60. The van der Waals surface area contributed by atoms with Crippen LogP contribution in [0.15, 0.2) is 67.3 Å². The Morgan fingerprint density at radius 1 is 1.05 bits per heavy atom. The minimum absolute atomic E-state index is 0.495. The maximum atomic E-state index is 11.7. The molecule has 1 N–H and O–H groups in total. The zero-order chi connectivity index (χ0) is 14.5. The predicted octanol–water partition coefficient (Wildman–Crippen LogP) is 2.88. The first-order chi connectivity index (χ1) is 10.3. The van der Waals surface area contributed by atoms with E-state index < -0.39 is 6.09 Å². The second-order valence-corrected chi connectivity index (χ2v) is 4.21. The normalized spacial score (nSPS) is 10.1. The van der Waals surface area contributed by atoms with Gasteiger partial charge in [0.05, 0.1) is 5.69 Å². The highest BCUT2D eigenvalue weighted by molar-refractivity contribution is 5.86. The van der Waals surface area contributed by atoms with Crippen LogP contribution >= 0.6 is 0 Å². The van der Waals surface area contributed by atoms with Gasteiger partial charge in [-0.05, 0) is 36.4 Å². The van der Waals surface area contributed by atoms with Crippen molar-refractivity contribution in [1.29, 1.82) is 0 Å². The summed E-state index contributed by atoms with van der Waals surface area (Å²) in [6, 6.07) is 16.1. The van der Waals surface area contributed by atoms with Crippen LogP contribution in [-0.4, -0.2) is 20.9 Å². The number of anilines is 1. The summed E-state index contributed by atoms with van der Waals surface area (Å²) in [5, 5.41) is 6.68. The van der Waals surface area contributed by atoms with Crippen LogP contribution < -0.4 is 10.1 Å². The summed E-state index contributed by atoms with van der Waals surface area (Å²) in [7, 11) is 0. The van der Waals surface area contributed by atoms with E-state index in [-0.39, 0.29) is 0 Å². The second-order valence-electron chi connectivity index (χ2n) is 4.21. The third-order valence-corrected chi connectivity index (χ3v) is 2.75. The number of carbonyl (C=O) groups excluding carboxylic acids is 1. The number of nitrogens with one attached hydrogen (secondary N) is 1. The molecule has 0 fully saturated rings. The standard InChI is InChI=1S/C15H12N4O2/c20-15(21-14-4-2-1-3-5-14)18-12-6-8-13(9-7-12)19-11-16-10-17-19/h1-11H,(H,18,20). The van der Waals surface area contributed by atoms with Crippen LogP contribution in [0, 0.1) is 0 Å². The maximum Gasteiger partial charge on any atom is 0.417 e. The first-order valence-corrected chi connectivity index (χ1v) is 6.30. The third kappa shape index (κ3) is 3.24. The molecule has 104 valence electrons. The molecule has 6 nitrogen and oxygen atoms in total. The topological polar surface area (TPSA) is 69.0 Å². The van der Waals surface area contributed by atoms with Crippen molar-refractivity contribution in [3.8, 4) is 11.4 Å². The third-order valence-electron chi connectivity index (χ3n) is 2.75. The van der Waals surface area contributed by atoms with E-state index in [2.05, 4.69) is 15.4 Å². The molecule has 6 heteroatoms. The lowest BCUT2D eigenvalue weighted by molar-refractivity contribution is 0.215. The summed E-state index contributed by atoms with van der Waals surface area (Å²) in [5.41, 5.74) is 1.49. The molecule has 0 atom stereocenters. The predicted molar refractivity (Wildman–Crippen MR) is 77.4 cm³/mol. The zero-order valence-corrected chi connectivity index (χ0v) is 11.0. The molecule has 1 aromatic heterocycles. The number of hydrogen-bond donors (Lipinski definition) is 1. The van der Waals surface area contributed by atoms with Crippen LogP contribution in [0.2, 0.25) is 0 Å². The molecule has 0 aliphatic carbocycles. The summed E-state index contributed by atoms with van der Waals surface area (Å²) >= 11 is 0. The molecular formula is C15H12N4O2. The van der Waals surface area contributed by atoms with E-state index in [4.69, 9.17) is 4.74 Å². The van der Waals surface area contributed by atoms with E-state index in [1.54, 1.807) is 47.4 Å². The summed E-state index contributed by atoms with van der Waals surface area (Å²) in [5.74, 6) is 0.495. The molecule has 0 bridgehead atoms. The molecule has 0 radical (unpaired) electrons. The average molecular weight is 280 g/mol. The van der Waals surface area contributed by atoms with Gasteiger partial charge < -0.3 is 4.74 Å². The quantitative estimate of drug-likeness (QED) is 0.801. The molecule has 2 aromatic carbocycles. The monoisotopic (exact) mass is 280 g/mol. The SMILES string of the molecule is O=C(Nc1ccc(-n2cncn2)cc1)Oc1ccccc1. The van der Waals surface area contributed by atoms with Crippen molar-refractivity contribution in [3.05, 3.63) is 67.3 Å². The van der Waals surface area contributed by atoms with Crippen LogP contribution in [-0.2, 0) is 0 Å². The smallest absolute Gasteiger partial charge is 0.410 e. The van der Waals surface area contributed by atoms with E-state index >= 15 is 0 Å². The van der Waals surface area contributed by atoms with Gasteiger partial charge in [0.1, 0.15) is 18.4 Å². The van der Waals surface area contributed by atoms with Crippen molar-refractivity contribution in [3.63, 3.8) is 0 Å². The Labute approximate surface area is 121 Å². The number of hydrogen-bond acceptors (Lipinski definition) is 4. The molecule has 0 unspecified atom stereocenters. The van der Waals surface area contributed by atoms with Crippen LogP contribution in [0.25, 0.3) is 5.69 Å². The molecule has 3 aromatic rings. The highest BCUT2D eigenvalue weighted by Crippen LogP contribution is 2.14. The molecule has 1 amide bonds. The molecule has 0 spiro atoms. The lowest BCUT2D eigenvalue weighted by Crippen LogP contribution is -2.16. The summed E-state index contributed by atoms with van der Waals surface area (Å²) in [6.07, 6.45) is 2.53. The van der Waals surface area contributed by atoms with Crippen molar-refractivity contribution >= 4 is 11.8 Å². The highest BCUT2D eigenvalue weighted by atomic mass is 16.6. The van der Waals surface area contributed by atoms with Crippen molar-refractivity contribution < 1.29 is 9.53 Å². The fourth-order valence-electron chi connectivity index (χ4n) is 1.78. The minimum atomic E-state index is -0.533. The first-order valence-electron chi connectivity index (χ1n) is 6.30. The zero-order valence-electron chi connectivity index (χ0n) is 11.0. The van der Waals surface area contributed by atoms with Crippen molar-refractivity contribution in [2.45, 2.75) is 0 Å². The average Bonchev–Trinajstić information content (AvgIpc) is 3.03. The molecule has 3 rings (SSSR count). The van der Waals surface area contributed by atoms with Gasteiger partial charge in [0.2, 0.25) is 0 Å². The molecule has 0 aliphatic heterocycles. The van der Waals surface area contributed by atoms with E-state index in [0.717, 1.165) is 5.69 Å². The fourth-order valence-corrected chi connectivity index (χ4v) is 1.78. The van der Waals surface area contributed by atoms with Crippen LogP contribution in [0.1, 0.15) is 0 Å². The van der Waals surface area contributed by atoms with Gasteiger partial charge in [-0.15, -0.1) is 0 Å². The lowest BCUT2D eigenvalue weighted by atomic mass is 10.3. The van der Waals surface area contributed by atoms with Crippen molar-refractivity contribution in [2.24, 2.45) is 0 Å². The molecular weight excluding hydrogens is 268 g/mol. The Bertz CT molecular complexity index is 709. The van der Waals surface area contributed by atoms with Crippen LogP contribution in [0.5, 0.6) is 5.75 Å². The van der Waals surface area contributed by atoms with Gasteiger partial charge in [-0.1, -0.05) is 18.2 Å². The largest absolute Gasteiger partial charge is 0.417 e. The molecule has 0 saturated carbocycles. The summed E-state index contributed by atoms with van der Waals surface area (Å²) < 4.78 is 6.77. The van der Waals surface area contributed by atoms with E-state index in [9.17, 15) is 4.79 Å². The minimum Gasteiger partial charge on any atom is -0.410 e. The molecule has 1 heterocycles. The number of para-hydroxylation sites is 1. The number of carbonyl (C=O) groups is 1. The summed E-state index contributed by atoms with van der Waals surface area (Å²) in [4.78, 5) is 15.6. The van der Waals surface area contributed by atoms with Gasteiger partial charge in [-0.3, -0.25) is 5.32 Å². The number of nitrogens with zero attached hydrogens (tertiary/aromatic N) is 3. The Morgan fingerprint density at radius 3 is 2.48 bits per heavy atom. The maximum absolute atomic E-state index is 11.7.